The fourth-order valence-electron chi connectivity index (χ4n) is 3.02. The Morgan fingerprint density at radius 3 is 2.86 bits per heavy atom. The lowest BCUT2D eigenvalue weighted by Gasteiger charge is -2.20. The molecule has 5 nitrogen and oxygen atoms in total. The minimum atomic E-state index is -0.774. The number of hydrogen-bond acceptors (Lipinski definition) is 3. The fraction of sp³-hybridized carbons (Fsp3) is 0.500. The quantitative estimate of drug-likeness (QED) is 0.786. The number of rotatable bonds is 5. The first-order valence-electron chi connectivity index (χ1n) is 7.57. The summed E-state index contributed by atoms with van der Waals surface area (Å²) in [7, 11) is 0. The molecule has 5 heteroatoms. The van der Waals surface area contributed by atoms with Crippen LogP contribution in [-0.2, 0) is 11.2 Å². The number of nitrogens with one attached hydrogen (secondary N) is 2. The molecule has 0 saturated heterocycles. The highest BCUT2D eigenvalue weighted by Gasteiger charge is 2.33. The van der Waals surface area contributed by atoms with Crippen LogP contribution in [0.15, 0.2) is 24.3 Å². The third kappa shape index (κ3) is 3.42. The van der Waals surface area contributed by atoms with E-state index in [1.54, 1.807) is 0 Å². The first-order chi connectivity index (χ1) is 10.1. The number of aliphatic hydroxyl groups is 1. The molecule has 0 atom stereocenters. The smallest absolute Gasteiger partial charge is 0.222 e. The lowest BCUT2D eigenvalue weighted by atomic mass is 9.98. The van der Waals surface area contributed by atoms with Crippen LogP contribution in [0.5, 0.6) is 0 Å². The minimum absolute atomic E-state index is 0.0736. The first kappa shape index (κ1) is 14.1. The maximum absolute atomic E-state index is 11.9. The van der Waals surface area contributed by atoms with Gasteiger partial charge in [0.2, 0.25) is 5.91 Å². The second kappa shape index (κ2) is 5.85. The van der Waals surface area contributed by atoms with Gasteiger partial charge in [0.1, 0.15) is 5.82 Å². The zero-order chi connectivity index (χ0) is 14.7. The van der Waals surface area contributed by atoms with Gasteiger partial charge in [-0.05, 0) is 25.0 Å². The lowest BCUT2D eigenvalue weighted by molar-refractivity contribution is -0.125. The highest BCUT2D eigenvalue weighted by Crippen LogP contribution is 2.32. The number of imidazole rings is 1. The molecule has 1 aliphatic carbocycles. The number of hydrogen-bond donors (Lipinski definition) is 3. The molecule has 2 aromatic rings. The van der Waals surface area contributed by atoms with Gasteiger partial charge in [-0.3, -0.25) is 4.79 Å². The molecule has 1 heterocycles. The van der Waals surface area contributed by atoms with E-state index in [1.165, 1.54) is 0 Å². The van der Waals surface area contributed by atoms with Gasteiger partial charge in [-0.2, -0.15) is 0 Å². The molecule has 0 unspecified atom stereocenters. The van der Waals surface area contributed by atoms with Gasteiger partial charge < -0.3 is 15.4 Å². The Hall–Kier alpha value is -1.88. The summed E-state index contributed by atoms with van der Waals surface area (Å²) in [6.07, 6.45) is 4.39. The predicted octanol–water partition coefficient (Wildman–Crippen LogP) is 1.92. The van der Waals surface area contributed by atoms with Crippen molar-refractivity contribution in [3.8, 4) is 0 Å². The predicted molar refractivity (Wildman–Crippen MR) is 80.8 cm³/mol. The topological polar surface area (TPSA) is 78.0 Å². The second-order valence-electron chi connectivity index (χ2n) is 5.91. The number of para-hydroxylation sites is 2. The largest absolute Gasteiger partial charge is 0.389 e. The number of H-pyrrole nitrogens is 1. The maximum Gasteiger partial charge on any atom is 0.222 e. The highest BCUT2D eigenvalue weighted by molar-refractivity contribution is 5.77. The van der Waals surface area contributed by atoms with Crippen LogP contribution < -0.4 is 5.32 Å². The average Bonchev–Trinajstić information content (AvgIpc) is 3.04. The van der Waals surface area contributed by atoms with Gasteiger partial charge in [0.15, 0.2) is 0 Å². The number of aromatic nitrogens is 2. The molecule has 0 aliphatic heterocycles. The van der Waals surface area contributed by atoms with Gasteiger partial charge in [-0.15, -0.1) is 0 Å². The lowest BCUT2D eigenvalue weighted by Crippen LogP contribution is -2.35. The molecule has 0 radical (unpaired) electrons. The van der Waals surface area contributed by atoms with Crippen LogP contribution in [0.4, 0.5) is 0 Å². The normalized spacial score (nSPS) is 17.2. The van der Waals surface area contributed by atoms with Crippen LogP contribution in [0.1, 0.15) is 37.9 Å². The molecule has 0 spiro atoms. The van der Waals surface area contributed by atoms with Crippen LogP contribution in [0.3, 0.4) is 0 Å². The van der Waals surface area contributed by atoms with E-state index in [-0.39, 0.29) is 12.3 Å². The van der Waals surface area contributed by atoms with Crippen molar-refractivity contribution in [1.82, 2.24) is 15.3 Å². The van der Waals surface area contributed by atoms with Gasteiger partial charge >= 0.3 is 0 Å². The molecule has 21 heavy (non-hydrogen) atoms. The van der Waals surface area contributed by atoms with Crippen molar-refractivity contribution in [3.05, 3.63) is 30.1 Å². The second-order valence-corrected chi connectivity index (χ2v) is 5.91. The summed E-state index contributed by atoms with van der Waals surface area (Å²) >= 11 is 0. The summed E-state index contributed by atoms with van der Waals surface area (Å²) < 4.78 is 0. The standard InChI is InChI=1S/C16H21N3O2/c20-15(11-16(21)8-3-4-9-16)17-10-7-14-18-12-5-1-2-6-13(12)19-14/h1-2,5-6,21H,3-4,7-11H2,(H,17,20)(H,18,19). The number of carbonyl (C=O) groups excluding carboxylic acids is 1. The molecule has 3 rings (SSSR count). The number of carbonyl (C=O) groups is 1. The third-order valence-electron chi connectivity index (χ3n) is 4.15. The van der Waals surface area contributed by atoms with E-state index < -0.39 is 5.60 Å². The van der Waals surface area contributed by atoms with E-state index in [0.717, 1.165) is 42.5 Å². The van der Waals surface area contributed by atoms with Gasteiger partial charge in [0.05, 0.1) is 23.1 Å². The molecule has 112 valence electrons. The maximum atomic E-state index is 11.9. The zero-order valence-corrected chi connectivity index (χ0v) is 12.1. The van der Waals surface area contributed by atoms with Gasteiger partial charge in [-0.25, -0.2) is 4.98 Å². The first-order valence-corrected chi connectivity index (χ1v) is 7.57. The monoisotopic (exact) mass is 287 g/mol. The molecular formula is C16H21N3O2. The van der Waals surface area contributed by atoms with Gasteiger partial charge in [-0.1, -0.05) is 25.0 Å². The number of fused-ring (bicyclic) bond motifs is 1. The minimum Gasteiger partial charge on any atom is -0.389 e. The number of amides is 1. The number of nitrogens with zero attached hydrogens (tertiary/aromatic N) is 1. The average molecular weight is 287 g/mol. The van der Waals surface area contributed by atoms with Crippen LogP contribution >= 0.6 is 0 Å². The molecular weight excluding hydrogens is 266 g/mol. The Morgan fingerprint density at radius 2 is 2.10 bits per heavy atom. The zero-order valence-electron chi connectivity index (χ0n) is 12.1. The van der Waals surface area contributed by atoms with Crippen LogP contribution in [0, 0.1) is 0 Å². The highest BCUT2D eigenvalue weighted by atomic mass is 16.3. The summed E-state index contributed by atoms with van der Waals surface area (Å²) in [6.45, 7) is 0.536. The van der Waals surface area contributed by atoms with E-state index in [1.807, 2.05) is 24.3 Å². The molecule has 1 aliphatic rings. The Bertz CT molecular complexity index is 596. The Morgan fingerprint density at radius 1 is 1.33 bits per heavy atom. The van der Waals surface area contributed by atoms with Gasteiger partial charge in [0.25, 0.3) is 0 Å². The Labute approximate surface area is 123 Å². The molecule has 1 amide bonds. The molecule has 1 saturated carbocycles. The third-order valence-corrected chi connectivity index (χ3v) is 4.15. The summed E-state index contributed by atoms with van der Waals surface area (Å²) in [5.74, 6) is 0.798. The van der Waals surface area contributed by atoms with Crippen LogP contribution in [0.25, 0.3) is 11.0 Å². The number of benzene rings is 1. The fourth-order valence-corrected chi connectivity index (χ4v) is 3.02. The van der Waals surface area contributed by atoms with Crippen molar-refractivity contribution in [3.63, 3.8) is 0 Å². The summed E-state index contributed by atoms with van der Waals surface area (Å²) in [5.41, 5.74) is 1.18. The summed E-state index contributed by atoms with van der Waals surface area (Å²) in [5, 5.41) is 13.1. The molecule has 1 aromatic carbocycles. The van der Waals surface area contributed by atoms with E-state index in [2.05, 4.69) is 15.3 Å². The summed E-state index contributed by atoms with van der Waals surface area (Å²) in [4.78, 5) is 19.6. The Balaban J connectivity index is 1.48. The summed E-state index contributed by atoms with van der Waals surface area (Å²) in [6, 6.07) is 7.87. The van der Waals surface area contributed by atoms with E-state index in [0.29, 0.717) is 13.0 Å². The molecule has 0 bridgehead atoms. The Kier molecular flexibility index (Phi) is 3.92. The molecule has 1 fully saturated rings. The van der Waals surface area contributed by atoms with Crippen LogP contribution in [0.2, 0.25) is 0 Å². The molecule has 1 aromatic heterocycles. The van der Waals surface area contributed by atoms with E-state index >= 15 is 0 Å². The van der Waals surface area contributed by atoms with Crippen LogP contribution in [-0.4, -0.2) is 33.1 Å². The van der Waals surface area contributed by atoms with E-state index in [9.17, 15) is 9.90 Å². The van der Waals surface area contributed by atoms with Crippen molar-refractivity contribution in [2.75, 3.05) is 6.54 Å². The van der Waals surface area contributed by atoms with Crippen molar-refractivity contribution in [1.29, 1.82) is 0 Å². The SMILES string of the molecule is O=C(CC1(O)CCCC1)NCCc1nc2ccccc2[nH]1. The van der Waals surface area contributed by atoms with E-state index in [4.69, 9.17) is 0 Å². The van der Waals surface area contributed by atoms with Crippen molar-refractivity contribution in [2.24, 2.45) is 0 Å². The van der Waals surface area contributed by atoms with Crippen molar-refractivity contribution < 1.29 is 9.90 Å². The van der Waals surface area contributed by atoms with Crippen molar-refractivity contribution in [2.45, 2.75) is 44.1 Å². The van der Waals surface area contributed by atoms with Crippen molar-refractivity contribution >= 4 is 16.9 Å². The number of aromatic amines is 1. The molecule has 3 N–H and O–H groups in total. The van der Waals surface area contributed by atoms with Gasteiger partial charge in [0, 0.05) is 13.0 Å².